The van der Waals surface area contributed by atoms with E-state index in [2.05, 4.69) is 31.1 Å². The number of amides is 2. The van der Waals surface area contributed by atoms with Crippen LogP contribution in [-0.2, 0) is 35.4 Å². The summed E-state index contributed by atoms with van der Waals surface area (Å²) in [6.07, 6.45) is 11.7. The first-order valence-electron chi connectivity index (χ1n) is 14.9. The minimum Gasteiger partial charge on any atom is -0.619 e. The van der Waals surface area contributed by atoms with E-state index in [-0.39, 0.29) is 24.8 Å². The van der Waals surface area contributed by atoms with E-state index < -0.39 is 12.1 Å². The van der Waals surface area contributed by atoms with Crippen molar-refractivity contribution in [2.45, 2.75) is 44.3 Å². The topological polar surface area (TPSA) is 124 Å². The fourth-order valence-electron chi connectivity index (χ4n) is 6.35. The van der Waals surface area contributed by atoms with Crippen molar-refractivity contribution in [3.8, 4) is 0 Å². The molecule has 2 atom stereocenters. The van der Waals surface area contributed by atoms with Crippen LogP contribution in [0.15, 0.2) is 78.2 Å². The SMILES string of the molecule is O=C(NCCCn1ccnc1)C1CN([C@@H]2c3ccc(Cl)cc3CCc3cc(Br)c[n+]([O-])c32)CCN1C(=O)Cc1cc[n+]([O-])cc1. The van der Waals surface area contributed by atoms with Crippen LogP contribution in [0.4, 0.5) is 0 Å². The predicted octanol–water partition coefficient (Wildman–Crippen LogP) is 2.72. The van der Waals surface area contributed by atoms with Gasteiger partial charge in [0.15, 0.2) is 18.6 Å². The van der Waals surface area contributed by atoms with E-state index in [1.807, 2.05) is 35.0 Å². The van der Waals surface area contributed by atoms with Crippen molar-refractivity contribution in [1.82, 2.24) is 24.7 Å². The molecule has 13 heteroatoms. The van der Waals surface area contributed by atoms with Crippen molar-refractivity contribution < 1.29 is 19.0 Å². The molecule has 1 aliphatic heterocycles. The summed E-state index contributed by atoms with van der Waals surface area (Å²) in [5, 5.41) is 28.7. The van der Waals surface area contributed by atoms with E-state index in [9.17, 15) is 20.0 Å². The molecule has 1 unspecified atom stereocenters. The lowest BCUT2D eigenvalue weighted by atomic mass is 9.95. The smallest absolute Gasteiger partial charge is 0.244 e. The lowest BCUT2D eigenvalue weighted by molar-refractivity contribution is -0.617. The number of aryl methyl sites for hydroxylation is 3. The molecule has 0 bridgehead atoms. The zero-order valence-electron chi connectivity index (χ0n) is 24.5. The molecular weight excluding hydrogens is 662 g/mol. The standard InChI is InChI=1S/C32H33BrClN7O4/c33-25-17-24-3-2-23-18-26(34)4-5-27(23)31(30(24)41(45)19-25)38-14-15-40(29(42)16-22-6-11-39(44)12-7-22)28(20-38)32(43)36-8-1-10-37-13-9-35-21-37/h4-7,9,11-13,17-19,21,28,31H,1-3,8,10,14-16,20H2,(H,36,43)/t28?,31-/m1/s1. The molecular formula is C32H33BrClN7O4. The number of nitrogens with zero attached hydrogens (tertiary/aromatic N) is 6. The third-order valence-electron chi connectivity index (χ3n) is 8.52. The van der Waals surface area contributed by atoms with E-state index in [1.165, 1.54) is 18.6 Å². The first-order chi connectivity index (χ1) is 21.8. The Kier molecular flexibility index (Phi) is 9.34. The third-order valence-corrected chi connectivity index (χ3v) is 9.19. The number of imidazole rings is 1. The lowest BCUT2D eigenvalue weighted by Gasteiger charge is -2.43. The molecule has 1 N–H and O–H groups in total. The highest BCUT2D eigenvalue weighted by molar-refractivity contribution is 9.10. The summed E-state index contributed by atoms with van der Waals surface area (Å²) in [4.78, 5) is 35.3. The minimum absolute atomic E-state index is 0.0629. The number of rotatable bonds is 8. The first kappa shape index (κ1) is 31.0. The molecule has 2 aliphatic rings. The quantitative estimate of drug-likeness (QED) is 0.172. The summed E-state index contributed by atoms with van der Waals surface area (Å²) >= 11 is 9.89. The molecule has 0 saturated carbocycles. The van der Waals surface area contributed by atoms with Gasteiger partial charge < -0.3 is 25.2 Å². The number of pyridine rings is 2. The monoisotopic (exact) mass is 693 g/mol. The van der Waals surface area contributed by atoms with Gasteiger partial charge in [-0.2, -0.15) is 9.46 Å². The summed E-state index contributed by atoms with van der Waals surface area (Å²) in [6.45, 7) is 2.11. The van der Waals surface area contributed by atoms with Crippen molar-refractivity contribution in [3.63, 3.8) is 0 Å². The normalized spacial score (nSPS) is 18.1. The van der Waals surface area contributed by atoms with Gasteiger partial charge in [-0.25, -0.2) is 4.98 Å². The van der Waals surface area contributed by atoms with Gasteiger partial charge in [-0.05, 0) is 70.1 Å². The molecule has 2 amide bonds. The summed E-state index contributed by atoms with van der Waals surface area (Å²) in [6, 6.07) is 9.75. The van der Waals surface area contributed by atoms with E-state index in [4.69, 9.17) is 11.6 Å². The Bertz CT molecular complexity index is 1690. The second kappa shape index (κ2) is 13.6. The molecule has 0 spiro atoms. The Hall–Kier alpha value is -4.00. The number of hydrogen-bond donors (Lipinski definition) is 1. The summed E-state index contributed by atoms with van der Waals surface area (Å²) in [5.41, 5.74) is 4.26. The summed E-state index contributed by atoms with van der Waals surface area (Å²) in [5.74, 6) is -0.451. The second-order valence-electron chi connectivity index (χ2n) is 11.4. The zero-order chi connectivity index (χ0) is 31.5. The Balaban J connectivity index is 1.29. The van der Waals surface area contributed by atoms with E-state index in [1.54, 1.807) is 29.6 Å². The Morgan fingerprint density at radius 1 is 1.09 bits per heavy atom. The van der Waals surface area contributed by atoms with Gasteiger partial charge in [0.2, 0.25) is 17.5 Å². The van der Waals surface area contributed by atoms with Crippen LogP contribution in [0.3, 0.4) is 0 Å². The molecule has 11 nitrogen and oxygen atoms in total. The van der Waals surface area contributed by atoms with Crippen LogP contribution in [0.2, 0.25) is 5.02 Å². The van der Waals surface area contributed by atoms with Gasteiger partial charge in [0.05, 0.1) is 17.2 Å². The number of hydrogen-bond acceptors (Lipinski definition) is 6. The minimum atomic E-state index is -0.786. The zero-order valence-corrected chi connectivity index (χ0v) is 26.9. The predicted molar refractivity (Wildman–Crippen MR) is 170 cm³/mol. The summed E-state index contributed by atoms with van der Waals surface area (Å²) in [7, 11) is 0. The molecule has 1 aromatic carbocycles. The number of aromatic nitrogens is 4. The molecule has 1 fully saturated rings. The maximum absolute atomic E-state index is 13.8. The van der Waals surface area contributed by atoms with Gasteiger partial charge in [-0.1, -0.05) is 17.7 Å². The highest BCUT2D eigenvalue weighted by Crippen LogP contribution is 2.38. The van der Waals surface area contributed by atoms with Gasteiger partial charge in [-0.3, -0.25) is 14.5 Å². The number of benzene rings is 1. The molecule has 234 valence electrons. The van der Waals surface area contributed by atoms with Crippen molar-refractivity contribution >= 4 is 39.3 Å². The van der Waals surface area contributed by atoms with Crippen molar-refractivity contribution in [2.24, 2.45) is 0 Å². The van der Waals surface area contributed by atoms with Crippen LogP contribution >= 0.6 is 27.5 Å². The highest BCUT2D eigenvalue weighted by atomic mass is 79.9. The molecule has 6 rings (SSSR count). The molecule has 1 aliphatic carbocycles. The maximum Gasteiger partial charge on any atom is 0.244 e. The maximum atomic E-state index is 13.8. The number of halogens is 2. The van der Waals surface area contributed by atoms with Crippen LogP contribution in [0.25, 0.3) is 0 Å². The molecule has 3 aromatic heterocycles. The Morgan fingerprint density at radius 3 is 2.67 bits per heavy atom. The molecule has 1 saturated heterocycles. The molecule has 4 aromatic rings. The molecule has 4 heterocycles. The number of piperazine rings is 1. The van der Waals surface area contributed by atoms with Gasteiger partial charge in [0.25, 0.3) is 0 Å². The third kappa shape index (κ3) is 6.98. The average molecular weight is 695 g/mol. The Morgan fingerprint density at radius 2 is 1.89 bits per heavy atom. The molecule has 45 heavy (non-hydrogen) atoms. The van der Waals surface area contributed by atoms with Crippen LogP contribution in [0, 0.1) is 10.4 Å². The molecule has 0 radical (unpaired) electrons. The average Bonchev–Trinajstić information content (AvgIpc) is 3.49. The number of carbonyl (C=O) groups excluding carboxylic acids is 2. The van der Waals surface area contributed by atoms with Gasteiger partial charge >= 0.3 is 0 Å². The van der Waals surface area contributed by atoms with Crippen molar-refractivity contribution in [3.05, 3.63) is 122 Å². The number of carbonyl (C=O) groups is 2. The van der Waals surface area contributed by atoms with Crippen molar-refractivity contribution in [1.29, 1.82) is 0 Å². The fourth-order valence-corrected chi connectivity index (χ4v) is 7.01. The Labute approximate surface area is 274 Å². The summed E-state index contributed by atoms with van der Waals surface area (Å²) < 4.78 is 4.24. The van der Waals surface area contributed by atoms with Crippen molar-refractivity contribution in [2.75, 3.05) is 26.2 Å². The number of nitrogens with one attached hydrogen (secondary N) is 1. The van der Waals surface area contributed by atoms with Crippen LogP contribution in [-0.4, -0.2) is 63.4 Å². The van der Waals surface area contributed by atoms with E-state index >= 15 is 0 Å². The van der Waals surface area contributed by atoms with Gasteiger partial charge in [-0.15, -0.1) is 0 Å². The van der Waals surface area contributed by atoms with Crippen LogP contribution in [0.1, 0.15) is 40.4 Å². The van der Waals surface area contributed by atoms with Gasteiger partial charge in [0, 0.05) is 67.8 Å². The van der Waals surface area contributed by atoms with Gasteiger partial charge in [0.1, 0.15) is 12.1 Å². The first-order valence-corrected chi connectivity index (χ1v) is 16.1. The second-order valence-corrected chi connectivity index (χ2v) is 12.8. The largest absolute Gasteiger partial charge is 0.619 e. The lowest BCUT2D eigenvalue weighted by Crippen LogP contribution is -2.62. The number of fused-ring (bicyclic) bond motifs is 2. The van der Waals surface area contributed by atoms with Crippen LogP contribution < -0.4 is 14.8 Å². The van der Waals surface area contributed by atoms with Crippen LogP contribution in [0.5, 0.6) is 0 Å². The van der Waals surface area contributed by atoms with E-state index in [0.717, 1.165) is 27.8 Å². The fraction of sp³-hybridized carbons (Fsp3) is 0.344. The highest BCUT2D eigenvalue weighted by Gasteiger charge is 2.42. The van der Waals surface area contributed by atoms with E-state index in [0.29, 0.717) is 64.5 Å².